The van der Waals surface area contributed by atoms with E-state index in [2.05, 4.69) is 26.4 Å². The second-order valence-corrected chi connectivity index (χ2v) is 12.9. The van der Waals surface area contributed by atoms with Crippen LogP contribution >= 0.6 is 0 Å². The molecule has 1 rings (SSSR count). The fourth-order valence-corrected chi connectivity index (χ4v) is 4.53. The number of nitrogens with two attached hydrogens (primary N) is 1. The lowest BCUT2D eigenvalue weighted by Crippen LogP contribution is -2.57. The van der Waals surface area contributed by atoms with E-state index in [1.54, 1.807) is 25.5 Å². The Morgan fingerprint density at radius 2 is 1.60 bits per heavy atom. The topological polar surface area (TPSA) is 198 Å². The van der Waals surface area contributed by atoms with E-state index in [-0.39, 0.29) is 30.6 Å². The van der Waals surface area contributed by atoms with Crippen molar-refractivity contribution in [1.29, 1.82) is 0 Å². The van der Waals surface area contributed by atoms with Gasteiger partial charge in [-0.3, -0.25) is 28.7 Å². The van der Waals surface area contributed by atoms with Crippen LogP contribution < -0.4 is 27.0 Å². The van der Waals surface area contributed by atoms with Crippen LogP contribution in [0.15, 0.2) is 6.07 Å². The van der Waals surface area contributed by atoms with Gasteiger partial charge in [0.1, 0.15) is 11.6 Å². The number of nitrogens with one attached hydrogen (secondary N) is 4. The Hall–Kier alpha value is -3.48. The minimum Gasteiger partial charge on any atom is -0.391 e. The molecule has 0 saturated heterocycles. The summed E-state index contributed by atoms with van der Waals surface area (Å²) in [7, 11) is 0. The van der Waals surface area contributed by atoms with E-state index in [1.807, 2.05) is 47.6 Å². The van der Waals surface area contributed by atoms with Crippen molar-refractivity contribution < 1.29 is 29.1 Å². The average Bonchev–Trinajstić information content (AvgIpc) is 3.20. The molecule has 13 nitrogen and oxygen atoms in total. The van der Waals surface area contributed by atoms with Crippen molar-refractivity contribution in [1.82, 2.24) is 31.0 Å². The third kappa shape index (κ3) is 13.6. The maximum Gasteiger partial charge on any atom is 0.245 e. The second kappa shape index (κ2) is 17.0. The van der Waals surface area contributed by atoms with Gasteiger partial charge in [-0.2, -0.15) is 5.10 Å². The quantitative estimate of drug-likeness (QED) is 0.142. The van der Waals surface area contributed by atoms with Gasteiger partial charge in [-0.1, -0.05) is 34.6 Å². The number of rotatable bonds is 18. The zero-order valence-electron chi connectivity index (χ0n) is 27.2. The first-order valence-corrected chi connectivity index (χ1v) is 15.0. The molecular weight excluding hydrogens is 554 g/mol. The van der Waals surface area contributed by atoms with Crippen LogP contribution in [0.3, 0.4) is 0 Å². The molecule has 0 radical (unpaired) electrons. The molecule has 0 spiro atoms. The summed E-state index contributed by atoms with van der Waals surface area (Å²) in [5, 5.41) is 26.3. The van der Waals surface area contributed by atoms with Crippen LogP contribution in [0.2, 0.25) is 0 Å². The summed E-state index contributed by atoms with van der Waals surface area (Å²) in [6.45, 7) is 17.1. The molecule has 0 fully saturated rings. The molecule has 0 aliphatic heterocycles. The highest BCUT2D eigenvalue weighted by atomic mass is 16.3. The number of aliphatic hydroxyl groups is 1. The Kier molecular flexibility index (Phi) is 14.8. The fraction of sp³-hybridized carbons (Fsp3) is 0.733. The van der Waals surface area contributed by atoms with Gasteiger partial charge in [0, 0.05) is 31.1 Å². The van der Waals surface area contributed by atoms with Gasteiger partial charge in [0.2, 0.25) is 29.5 Å². The first-order chi connectivity index (χ1) is 19.8. The van der Waals surface area contributed by atoms with Crippen LogP contribution in [0.25, 0.3) is 0 Å². The van der Waals surface area contributed by atoms with E-state index in [1.165, 1.54) is 0 Å². The van der Waals surface area contributed by atoms with Crippen molar-refractivity contribution in [2.24, 2.45) is 23.5 Å². The summed E-state index contributed by atoms with van der Waals surface area (Å²) < 4.78 is 1.68. The van der Waals surface area contributed by atoms with E-state index >= 15 is 0 Å². The Morgan fingerprint density at radius 3 is 2.12 bits per heavy atom. The molecule has 1 heterocycles. The Bertz CT molecular complexity index is 1110. The first-order valence-electron chi connectivity index (χ1n) is 15.0. The molecule has 5 amide bonds. The molecule has 13 heteroatoms. The van der Waals surface area contributed by atoms with E-state index < -0.39 is 59.7 Å². The summed E-state index contributed by atoms with van der Waals surface area (Å²) in [6.07, 6.45) is -1.14. The van der Waals surface area contributed by atoms with Crippen molar-refractivity contribution in [2.45, 2.75) is 118 Å². The molecule has 0 aromatic carbocycles. The molecular formula is C30H53N7O6. The molecule has 0 aliphatic carbocycles. The maximum atomic E-state index is 13.2. The molecule has 0 aliphatic rings. The second-order valence-electron chi connectivity index (χ2n) is 12.9. The minimum atomic E-state index is -1.24. The lowest BCUT2D eigenvalue weighted by Gasteiger charge is -2.31. The summed E-state index contributed by atoms with van der Waals surface area (Å²) in [4.78, 5) is 63.2. The fourth-order valence-electron chi connectivity index (χ4n) is 4.53. The van der Waals surface area contributed by atoms with Crippen molar-refractivity contribution in [3.8, 4) is 0 Å². The maximum absolute atomic E-state index is 13.2. The number of amides is 5. The Balaban J connectivity index is 2.89. The minimum absolute atomic E-state index is 0.00266. The highest BCUT2D eigenvalue weighted by Gasteiger charge is 2.34. The normalized spacial score (nSPS) is 14.5. The molecule has 0 bridgehead atoms. The number of hydrogen-bond acceptors (Lipinski definition) is 7. The Labute approximate surface area is 255 Å². The number of primary amides is 1. The lowest BCUT2D eigenvalue weighted by molar-refractivity contribution is -0.135. The van der Waals surface area contributed by atoms with E-state index in [9.17, 15) is 29.1 Å². The van der Waals surface area contributed by atoms with Gasteiger partial charge in [-0.15, -0.1) is 0 Å². The molecule has 4 unspecified atom stereocenters. The third-order valence-corrected chi connectivity index (χ3v) is 6.95. The van der Waals surface area contributed by atoms with Gasteiger partial charge in [0.05, 0.1) is 24.3 Å². The van der Waals surface area contributed by atoms with Crippen molar-refractivity contribution in [2.75, 3.05) is 6.54 Å². The van der Waals surface area contributed by atoms with E-state index in [0.717, 1.165) is 11.4 Å². The molecule has 244 valence electrons. The van der Waals surface area contributed by atoms with Gasteiger partial charge in [-0.25, -0.2) is 0 Å². The molecule has 1 aromatic heterocycles. The summed E-state index contributed by atoms with van der Waals surface area (Å²) in [5.74, 6) is -2.99. The molecule has 1 aromatic rings. The molecule has 7 N–H and O–H groups in total. The van der Waals surface area contributed by atoms with E-state index in [0.29, 0.717) is 19.5 Å². The van der Waals surface area contributed by atoms with Crippen LogP contribution in [0, 0.1) is 31.6 Å². The standard InChI is InChI=1S/C30H53N7O6/c1-17(2)12-22(24(38)13-19(5)27(41)35-30(8,9)29(43)32-16-18(3)4)34-28(42)23(15-25(31)39)33-26(40)10-11-37-21(7)14-20(6)36-37/h14,17-19,22-24,38H,10-13,15-16H2,1-9H3,(H2,31,39)(H,32,43)(H,33,40)(H,34,42)(H,35,41). The number of nitrogens with zero attached hydrogens (tertiary/aromatic N) is 2. The van der Waals surface area contributed by atoms with Crippen LogP contribution in [0.1, 0.15) is 85.5 Å². The Morgan fingerprint density at radius 1 is 0.977 bits per heavy atom. The number of aromatic nitrogens is 2. The van der Waals surface area contributed by atoms with Gasteiger partial charge >= 0.3 is 0 Å². The van der Waals surface area contributed by atoms with Crippen LogP contribution in [-0.4, -0.2) is 74.7 Å². The lowest BCUT2D eigenvalue weighted by atomic mass is 9.91. The zero-order valence-corrected chi connectivity index (χ0v) is 27.2. The predicted octanol–water partition coefficient (Wildman–Crippen LogP) is 0.835. The van der Waals surface area contributed by atoms with Gasteiger partial charge < -0.3 is 32.1 Å². The molecule has 0 saturated carbocycles. The predicted molar refractivity (Wildman–Crippen MR) is 163 cm³/mol. The average molecular weight is 608 g/mol. The number of aliphatic hydroxyl groups excluding tert-OH is 1. The van der Waals surface area contributed by atoms with Crippen molar-refractivity contribution in [3.63, 3.8) is 0 Å². The summed E-state index contributed by atoms with van der Waals surface area (Å²) >= 11 is 0. The zero-order chi connectivity index (χ0) is 33.1. The third-order valence-electron chi connectivity index (χ3n) is 6.95. The summed E-state index contributed by atoms with van der Waals surface area (Å²) in [6, 6.07) is -0.123. The smallest absolute Gasteiger partial charge is 0.245 e. The van der Waals surface area contributed by atoms with Crippen LogP contribution in [-0.2, 0) is 30.5 Å². The van der Waals surface area contributed by atoms with Crippen molar-refractivity contribution in [3.05, 3.63) is 17.5 Å². The van der Waals surface area contributed by atoms with Gasteiger partial charge in [0.25, 0.3) is 0 Å². The number of hydrogen-bond donors (Lipinski definition) is 6. The van der Waals surface area contributed by atoms with Crippen LogP contribution in [0.5, 0.6) is 0 Å². The van der Waals surface area contributed by atoms with Crippen LogP contribution in [0.4, 0.5) is 0 Å². The highest BCUT2D eigenvalue weighted by molar-refractivity contribution is 5.92. The van der Waals surface area contributed by atoms with Crippen molar-refractivity contribution >= 4 is 29.5 Å². The summed E-state index contributed by atoms with van der Waals surface area (Å²) in [5.41, 5.74) is 5.92. The number of aryl methyl sites for hydroxylation is 3. The SMILES string of the molecule is Cc1cc(C)n(CCC(=O)NC(CC(N)=O)C(=O)NC(CC(C)C)C(O)CC(C)C(=O)NC(C)(C)C(=O)NCC(C)C)n1. The van der Waals surface area contributed by atoms with Gasteiger partial charge in [-0.05, 0) is 58.4 Å². The first kappa shape index (κ1) is 37.5. The number of carbonyl (C=O) groups is 5. The highest BCUT2D eigenvalue weighted by Crippen LogP contribution is 2.17. The number of carbonyl (C=O) groups excluding carboxylic acids is 5. The largest absolute Gasteiger partial charge is 0.391 e. The van der Waals surface area contributed by atoms with E-state index in [4.69, 9.17) is 5.73 Å². The van der Waals surface area contributed by atoms with Gasteiger partial charge in [0.15, 0.2) is 0 Å². The molecule has 43 heavy (non-hydrogen) atoms. The molecule has 4 atom stereocenters. The monoisotopic (exact) mass is 607 g/mol.